The average molecular weight is 837 g/mol. The molecule has 0 spiro atoms. The van der Waals surface area contributed by atoms with E-state index in [0.29, 0.717) is 5.92 Å². The Kier molecular flexibility index (Phi) is 11.5. The number of benzene rings is 8. The first-order chi connectivity index (χ1) is 30.8. The summed E-state index contributed by atoms with van der Waals surface area (Å²) in [7, 11) is 0. The minimum Gasteiger partial charge on any atom is -0.491 e. The lowest BCUT2D eigenvalue weighted by atomic mass is 9.69. The van der Waals surface area contributed by atoms with Gasteiger partial charge in [-0.05, 0) is 161 Å². The van der Waals surface area contributed by atoms with E-state index in [9.17, 15) is 0 Å². The largest absolute Gasteiger partial charge is 0.491 e. The highest BCUT2D eigenvalue weighted by molar-refractivity contribution is 6.11. The van der Waals surface area contributed by atoms with Gasteiger partial charge < -0.3 is 14.2 Å². The van der Waals surface area contributed by atoms with Crippen LogP contribution in [0.2, 0.25) is 0 Å². The van der Waals surface area contributed by atoms with Gasteiger partial charge in [0.15, 0.2) is 0 Å². The molecule has 0 saturated heterocycles. The molecule has 9 rings (SSSR count). The molecule has 0 saturated carbocycles. The Morgan fingerprint density at radius 1 is 0.453 bits per heavy atom. The van der Waals surface area contributed by atoms with Gasteiger partial charge in [0.1, 0.15) is 5.75 Å². The number of ether oxygens (including phenoxy) is 1. The summed E-state index contributed by atoms with van der Waals surface area (Å²) in [5.41, 5.74) is 15.8. The quantitative estimate of drug-likeness (QED) is 0.129. The fourth-order valence-electron chi connectivity index (χ4n) is 9.31. The summed E-state index contributed by atoms with van der Waals surface area (Å²) in [6.07, 6.45) is 1.26. The van der Waals surface area contributed by atoms with Crippen LogP contribution in [0.25, 0.3) is 60.9 Å². The average Bonchev–Trinajstić information content (AvgIpc) is 3.62. The lowest BCUT2D eigenvalue weighted by molar-refractivity contribution is 0.229. The summed E-state index contributed by atoms with van der Waals surface area (Å²) in [4.78, 5) is 2.33. The Hall–Kier alpha value is -6.84. The van der Waals surface area contributed by atoms with E-state index in [1.165, 1.54) is 60.8 Å². The summed E-state index contributed by atoms with van der Waals surface area (Å²) in [5.74, 6) is 1.35. The number of anilines is 3. The Morgan fingerprint density at radius 2 is 0.875 bits per heavy atom. The zero-order chi connectivity index (χ0) is 44.6. The van der Waals surface area contributed by atoms with Gasteiger partial charge in [0.2, 0.25) is 0 Å². The topological polar surface area (TPSA) is 17.4 Å². The first-order valence-electron chi connectivity index (χ1n) is 22.9. The second kappa shape index (κ2) is 17.4. The molecule has 0 radical (unpaired) electrons. The highest BCUT2D eigenvalue weighted by atomic mass is 16.5. The zero-order valence-corrected chi connectivity index (χ0v) is 38.6. The van der Waals surface area contributed by atoms with E-state index >= 15 is 0 Å². The number of para-hydroxylation sites is 1. The van der Waals surface area contributed by atoms with Gasteiger partial charge >= 0.3 is 0 Å². The summed E-state index contributed by atoms with van der Waals surface area (Å²) >= 11 is 0. The number of rotatable bonds is 11. The molecule has 0 bridgehead atoms. The fourth-order valence-corrected chi connectivity index (χ4v) is 9.31. The van der Waals surface area contributed by atoms with Crippen molar-refractivity contribution >= 4 is 38.9 Å². The zero-order valence-electron chi connectivity index (χ0n) is 38.6. The maximum atomic E-state index is 6.04. The Bertz CT molecular complexity index is 2980. The molecular weight excluding hydrogens is 777 g/mol. The van der Waals surface area contributed by atoms with E-state index in [-0.39, 0.29) is 16.9 Å². The van der Waals surface area contributed by atoms with Crippen molar-refractivity contribution in [2.24, 2.45) is 10.8 Å². The van der Waals surface area contributed by atoms with Gasteiger partial charge in [-0.3, -0.25) is 0 Å². The molecule has 8 aromatic carbocycles. The van der Waals surface area contributed by atoms with Crippen LogP contribution in [-0.4, -0.2) is 10.7 Å². The van der Waals surface area contributed by atoms with Crippen LogP contribution in [0.5, 0.6) is 5.75 Å². The van der Waals surface area contributed by atoms with Gasteiger partial charge in [-0.25, -0.2) is 0 Å². The molecule has 320 valence electrons. The third-order valence-electron chi connectivity index (χ3n) is 12.4. The van der Waals surface area contributed by atoms with Crippen LogP contribution in [0.1, 0.15) is 73.3 Å². The third-order valence-corrected chi connectivity index (χ3v) is 12.4. The molecule has 0 fully saturated rings. The number of aromatic nitrogens is 1. The SMILES string of the molecule is CC(C)Oc1ccc(-n2c3ccc(-c4ccc(C(CC(C)(C)C)C(C)(C)C)cc4)cc3c3cc(-c4ccc(N(c5ccccc5)c5ccc(-c6ccccc6)cc5)cc4)ccc32)cc1. The molecule has 9 aromatic rings. The highest BCUT2D eigenvalue weighted by Gasteiger charge is 2.30. The van der Waals surface area contributed by atoms with Crippen molar-refractivity contribution in [2.75, 3.05) is 4.90 Å². The molecule has 3 heteroatoms. The molecule has 1 unspecified atom stereocenters. The molecule has 0 N–H and O–H groups in total. The Balaban J connectivity index is 1.11. The van der Waals surface area contributed by atoms with Crippen LogP contribution < -0.4 is 9.64 Å². The number of hydrogen-bond acceptors (Lipinski definition) is 2. The van der Waals surface area contributed by atoms with E-state index < -0.39 is 0 Å². The van der Waals surface area contributed by atoms with Gasteiger partial charge in [-0.2, -0.15) is 0 Å². The minimum absolute atomic E-state index is 0.116. The highest BCUT2D eigenvalue weighted by Crippen LogP contribution is 2.44. The Labute approximate surface area is 380 Å². The van der Waals surface area contributed by atoms with E-state index in [0.717, 1.165) is 34.9 Å². The maximum Gasteiger partial charge on any atom is 0.119 e. The van der Waals surface area contributed by atoms with E-state index in [1.807, 2.05) is 0 Å². The van der Waals surface area contributed by atoms with Crippen LogP contribution in [0, 0.1) is 10.8 Å². The molecule has 3 nitrogen and oxygen atoms in total. The van der Waals surface area contributed by atoms with Gasteiger partial charge in [0.05, 0.1) is 17.1 Å². The van der Waals surface area contributed by atoms with Gasteiger partial charge in [-0.15, -0.1) is 0 Å². The predicted octanol–water partition coefficient (Wildman–Crippen LogP) is 17.6. The second-order valence-corrected chi connectivity index (χ2v) is 19.9. The lowest BCUT2D eigenvalue weighted by Gasteiger charge is -2.36. The van der Waals surface area contributed by atoms with E-state index in [1.54, 1.807) is 0 Å². The van der Waals surface area contributed by atoms with Gasteiger partial charge in [-0.1, -0.05) is 151 Å². The molecule has 1 atom stereocenters. The predicted molar refractivity (Wildman–Crippen MR) is 274 cm³/mol. The standard InChI is InChI=1S/C61H60N2O/c1-42(2)64-54-35-33-53(34-36-54)63-58-37-27-48(45-19-21-47(22-20-45)57(61(6,7)8)41-60(3,4)5)39-55(58)56-40-49(28-38-59(56)63)46-25-31-52(32-26-46)62(50-17-13-10-14-18-50)51-29-23-44(24-30-51)43-15-11-9-12-16-43/h9-40,42,57H,41H2,1-8H3. The van der Waals surface area contributed by atoms with Gasteiger partial charge in [0.25, 0.3) is 0 Å². The maximum absolute atomic E-state index is 6.04. The monoisotopic (exact) mass is 836 g/mol. The van der Waals surface area contributed by atoms with Crippen molar-refractivity contribution in [3.05, 3.63) is 200 Å². The molecule has 64 heavy (non-hydrogen) atoms. The first-order valence-corrected chi connectivity index (χ1v) is 22.9. The molecule has 0 aliphatic rings. The van der Waals surface area contributed by atoms with Crippen LogP contribution in [0.15, 0.2) is 194 Å². The van der Waals surface area contributed by atoms with Crippen molar-refractivity contribution < 1.29 is 4.74 Å². The molecule has 1 aromatic heterocycles. The Morgan fingerprint density at radius 3 is 1.34 bits per heavy atom. The van der Waals surface area contributed by atoms with Crippen LogP contribution >= 0.6 is 0 Å². The van der Waals surface area contributed by atoms with Crippen LogP contribution in [0.3, 0.4) is 0 Å². The summed E-state index contributed by atoms with van der Waals surface area (Å²) < 4.78 is 8.43. The first kappa shape index (κ1) is 42.5. The molecule has 0 aliphatic carbocycles. The van der Waals surface area contributed by atoms with Crippen molar-refractivity contribution in [1.29, 1.82) is 0 Å². The van der Waals surface area contributed by atoms with Gasteiger partial charge in [0, 0.05) is 33.5 Å². The van der Waals surface area contributed by atoms with Crippen LogP contribution in [0.4, 0.5) is 17.1 Å². The summed E-state index contributed by atoms with van der Waals surface area (Å²) in [5, 5.41) is 2.45. The van der Waals surface area contributed by atoms with Crippen molar-refractivity contribution in [1.82, 2.24) is 4.57 Å². The molecule has 1 heterocycles. The second-order valence-electron chi connectivity index (χ2n) is 19.9. The molecule has 0 amide bonds. The van der Waals surface area contributed by atoms with E-state index in [4.69, 9.17) is 4.74 Å². The smallest absolute Gasteiger partial charge is 0.119 e. The van der Waals surface area contributed by atoms with Crippen molar-refractivity contribution in [2.45, 2.75) is 73.8 Å². The number of hydrogen-bond donors (Lipinski definition) is 0. The summed E-state index contributed by atoms with van der Waals surface area (Å²) in [6, 6.07) is 70.9. The lowest BCUT2D eigenvalue weighted by Crippen LogP contribution is -2.23. The molecular formula is C61H60N2O. The number of nitrogens with zero attached hydrogens (tertiary/aromatic N) is 2. The van der Waals surface area contributed by atoms with Crippen molar-refractivity contribution in [3.8, 4) is 44.8 Å². The van der Waals surface area contributed by atoms with Crippen LogP contribution in [-0.2, 0) is 0 Å². The summed E-state index contributed by atoms with van der Waals surface area (Å²) in [6.45, 7) is 18.3. The minimum atomic E-state index is 0.116. The fraction of sp³-hybridized carbons (Fsp3) is 0.213. The normalized spacial score (nSPS) is 12.5. The molecule has 0 aliphatic heterocycles. The number of fused-ring (bicyclic) bond motifs is 3. The van der Waals surface area contributed by atoms with Crippen molar-refractivity contribution in [3.63, 3.8) is 0 Å². The third kappa shape index (κ3) is 8.99. The van der Waals surface area contributed by atoms with E-state index in [2.05, 4.69) is 259 Å².